The number of nitrogens with zero attached hydrogens (tertiary/aromatic N) is 3. The Kier molecular flexibility index (Phi) is 2.67. The normalized spacial score (nSPS) is 10.9. The lowest BCUT2D eigenvalue weighted by Crippen LogP contribution is -1.93. The smallest absolute Gasteiger partial charge is 0.130 e. The second-order valence-electron chi connectivity index (χ2n) is 4.49. The molecule has 0 atom stereocenters. The quantitative estimate of drug-likeness (QED) is 0.763. The Labute approximate surface area is 110 Å². The number of rotatable bonds is 2. The molecule has 5 nitrogen and oxygen atoms in total. The molecule has 0 bridgehead atoms. The van der Waals surface area contributed by atoms with E-state index in [2.05, 4.69) is 40.3 Å². The summed E-state index contributed by atoms with van der Waals surface area (Å²) in [5.41, 5.74) is 4.99. The summed E-state index contributed by atoms with van der Waals surface area (Å²) in [7, 11) is 1.64. The topological polar surface area (TPSA) is 63.7 Å². The molecule has 0 aliphatic heterocycles. The van der Waals surface area contributed by atoms with Crippen molar-refractivity contribution < 1.29 is 4.74 Å². The van der Waals surface area contributed by atoms with Crippen LogP contribution in [0.25, 0.3) is 22.2 Å². The molecule has 0 amide bonds. The SMILES string of the molecule is COc1cc2ncc(C)c(C)c2cc1-c1cn[nH]n1. The zero-order valence-electron chi connectivity index (χ0n) is 11.1. The van der Waals surface area contributed by atoms with Crippen LogP contribution in [0.3, 0.4) is 0 Å². The standard InChI is InChI=1S/C14H14N4O/c1-8-6-15-12-5-14(19-3)11(4-10(12)9(8)2)13-7-16-18-17-13/h4-7H,1-3H3,(H,16,17,18). The van der Waals surface area contributed by atoms with Gasteiger partial charge in [-0.1, -0.05) is 0 Å². The third-order valence-corrected chi connectivity index (χ3v) is 3.40. The molecule has 0 fully saturated rings. The molecule has 0 unspecified atom stereocenters. The van der Waals surface area contributed by atoms with Crippen LogP contribution in [-0.4, -0.2) is 27.5 Å². The number of nitrogens with one attached hydrogen (secondary N) is 1. The Morgan fingerprint density at radius 3 is 2.68 bits per heavy atom. The van der Waals surface area contributed by atoms with Crippen molar-refractivity contribution in [3.05, 3.63) is 35.7 Å². The second-order valence-corrected chi connectivity index (χ2v) is 4.49. The highest BCUT2D eigenvalue weighted by atomic mass is 16.5. The van der Waals surface area contributed by atoms with Crippen molar-refractivity contribution in [1.29, 1.82) is 0 Å². The number of benzene rings is 1. The van der Waals surface area contributed by atoms with Crippen LogP contribution in [0.2, 0.25) is 0 Å². The van der Waals surface area contributed by atoms with E-state index < -0.39 is 0 Å². The first kappa shape index (κ1) is 11.6. The van der Waals surface area contributed by atoms with Crippen LogP contribution in [0.1, 0.15) is 11.1 Å². The predicted octanol–water partition coefficient (Wildman–Crippen LogP) is 2.65. The number of pyridine rings is 1. The van der Waals surface area contributed by atoms with E-state index in [1.54, 1.807) is 13.3 Å². The van der Waals surface area contributed by atoms with Gasteiger partial charge in [-0.25, -0.2) is 0 Å². The summed E-state index contributed by atoms with van der Waals surface area (Å²) in [6, 6.07) is 3.99. The number of fused-ring (bicyclic) bond motifs is 1. The molecule has 96 valence electrons. The van der Waals surface area contributed by atoms with Crippen molar-refractivity contribution in [3.8, 4) is 17.0 Å². The van der Waals surface area contributed by atoms with E-state index in [1.807, 2.05) is 12.3 Å². The van der Waals surface area contributed by atoms with Gasteiger partial charge >= 0.3 is 0 Å². The summed E-state index contributed by atoms with van der Waals surface area (Å²) >= 11 is 0. The van der Waals surface area contributed by atoms with Crippen molar-refractivity contribution in [3.63, 3.8) is 0 Å². The van der Waals surface area contributed by atoms with Crippen molar-refractivity contribution in [1.82, 2.24) is 20.4 Å². The summed E-state index contributed by atoms with van der Waals surface area (Å²) in [6.45, 7) is 4.15. The highest BCUT2D eigenvalue weighted by molar-refractivity contribution is 5.90. The fourth-order valence-corrected chi connectivity index (χ4v) is 2.15. The molecule has 0 spiro atoms. The van der Waals surface area contributed by atoms with Gasteiger partial charge in [0.25, 0.3) is 0 Å². The maximum absolute atomic E-state index is 5.43. The Morgan fingerprint density at radius 1 is 1.16 bits per heavy atom. The Morgan fingerprint density at radius 2 is 2.00 bits per heavy atom. The van der Waals surface area contributed by atoms with Crippen LogP contribution in [0, 0.1) is 13.8 Å². The molecule has 1 N–H and O–H groups in total. The predicted molar refractivity (Wildman–Crippen MR) is 73.1 cm³/mol. The van der Waals surface area contributed by atoms with E-state index in [4.69, 9.17) is 4.74 Å². The maximum Gasteiger partial charge on any atom is 0.130 e. The average Bonchev–Trinajstić information content (AvgIpc) is 2.96. The van der Waals surface area contributed by atoms with E-state index in [0.717, 1.165) is 27.9 Å². The highest BCUT2D eigenvalue weighted by Crippen LogP contribution is 2.33. The summed E-state index contributed by atoms with van der Waals surface area (Å²) < 4.78 is 5.43. The number of hydrogen-bond donors (Lipinski definition) is 1. The van der Waals surface area contributed by atoms with Crippen LogP contribution >= 0.6 is 0 Å². The molecule has 3 rings (SSSR count). The van der Waals surface area contributed by atoms with Crippen LogP contribution in [0.15, 0.2) is 24.5 Å². The minimum Gasteiger partial charge on any atom is -0.496 e. The molecule has 1 aromatic carbocycles. The van der Waals surface area contributed by atoms with Crippen molar-refractivity contribution in [2.45, 2.75) is 13.8 Å². The van der Waals surface area contributed by atoms with E-state index in [9.17, 15) is 0 Å². The number of aryl methyl sites for hydroxylation is 2. The number of aromatic amines is 1. The van der Waals surface area contributed by atoms with Crippen molar-refractivity contribution >= 4 is 10.9 Å². The Bertz CT molecular complexity index is 735. The van der Waals surface area contributed by atoms with Crippen LogP contribution in [0.5, 0.6) is 5.75 Å². The lowest BCUT2D eigenvalue weighted by molar-refractivity contribution is 0.417. The molecule has 3 aromatic rings. The van der Waals surface area contributed by atoms with Gasteiger partial charge in [0.05, 0.1) is 18.8 Å². The molecule has 5 heteroatoms. The third-order valence-electron chi connectivity index (χ3n) is 3.40. The maximum atomic E-state index is 5.43. The summed E-state index contributed by atoms with van der Waals surface area (Å²) in [5, 5.41) is 11.7. The molecule has 0 aliphatic rings. The number of hydrogen-bond acceptors (Lipinski definition) is 4. The second kappa shape index (κ2) is 4.35. The largest absolute Gasteiger partial charge is 0.496 e. The first-order valence-electron chi connectivity index (χ1n) is 6.01. The lowest BCUT2D eigenvalue weighted by atomic mass is 10.0. The van der Waals surface area contributed by atoms with Crippen LogP contribution in [0.4, 0.5) is 0 Å². The molecule has 0 saturated heterocycles. The molecule has 19 heavy (non-hydrogen) atoms. The van der Waals surface area contributed by atoms with Gasteiger partial charge < -0.3 is 4.74 Å². The zero-order chi connectivity index (χ0) is 13.4. The highest BCUT2D eigenvalue weighted by Gasteiger charge is 2.12. The molecule has 0 saturated carbocycles. The fraction of sp³-hybridized carbons (Fsp3) is 0.214. The van der Waals surface area contributed by atoms with Crippen molar-refractivity contribution in [2.24, 2.45) is 0 Å². The van der Waals surface area contributed by atoms with E-state index in [-0.39, 0.29) is 0 Å². The molecular formula is C14H14N4O. The van der Waals surface area contributed by atoms with Gasteiger partial charge in [-0.3, -0.25) is 4.98 Å². The zero-order valence-corrected chi connectivity index (χ0v) is 11.1. The lowest BCUT2D eigenvalue weighted by Gasteiger charge is -2.10. The molecule has 2 heterocycles. The average molecular weight is 254 g/mol. The summed E-state index contributed by atoms with van der Waals surface area (Å²) in [5.74, 6) is 0.747. The van der Waals surface area contributed by atoms with Gasteiger partial charge in [0, 0.05) is 23.2 Å². The van der Waals surface area contributed by atoms with Gasteiger partial charge in [0.15, 0.2) is 0 Å². The van der Waals surface area contributed by atoms with E-state index in [1.165, 1.54) is 11.1 Å². The minimum atomic E-state index is 0.747. The number of methoxy groups -OCH3 is 1. The Hall–Kier alpha value is -2.43. The molecule has 2 aromatic heterocycles. The number of ether oxygens (including phenoxy) is 1. The number of H-pyrrole nitrogens is 1. The van der Waals surface area contributed by atoms with Gasteiger partial charge in [-0.2, -0.15) is 15.4 Å². The fourth-order valence-electron chi connectivity index (χ4n) is 2.15. The van der Waals surface area contributed by atoms with Crippen LogP contribution < -0.4 is 4.74 Å². The van der Waals surface area contributed by atoms with E-state index in [0.29, 0.717) is 0 Å². The van der Waals surface area contributed by atoms with Gasteiger partial charge in [0.1, 0.15) is 11.4 Å². The van der Waals surface area contributed by atoms with Gasteiger partial charge in [-0.15, -0.1) is 0 Å². The van der Waals surface area contributed by atoms with Gasteiger partial charge in [-0.05, 0) is 31.0 Å². The van der Waals surface area contributed by atoms with E-state index >= 15 is 0 Å². The third kappa shape index (κ3) is 1.83. The van der Waals surface area contributed by atoms with Crippen LogP contribution in [-0.2, 0) is 0 Å². The Balaban J connectivity index is 2.35. The summed E-state index contributed by atoms with van der Waals surface area (Å²) in [4.78, 5) is 4.45. The molecule has 0 aliphatic carbocycles. The first-order chi connectivity index (χ1) is 9.20. The summed E-state index contributed by atoms with van der Waals surface area (Å²) in [6.07, 6.45) is 3.56. The minimum absolute atomic E-state index is 0.747. The molecule has 0 radical (unpaired) electrons. The van der Waals surface area contributed by atoms with Crippen molar-refractivity contribution in [2.75, 3.05) is 7.11 Å². The monoisotopic (exact) mass is 254 g/mol. The number of aromatic nitrogens is 4. The molecular weight excluding hydrogens is 240 g/mol. The first-order valence-corrected chi connectivity index (χ1v) is 6.01. The van der Waals surface area contributed by atoms with Gasteiger partial charge in [0.2, 0.25) is 0 Å².